The van der Waals surface area contributed by atoms with E-state index in [1.54, 1.807) is 0 Å². The molecule has 0 heteroatoms. The molecule has 0 aliphatic carbocycles. The molecule has 0 bridgehead atoms. The van der Waals surface area contributed by atoms with Gasteiger partial charge in [0.1, 0.15) is 0 Å². The Hall–Kier alpha value is -1.04. The van der Waals surface area contributed by atoms with Crippen LogP contribution in [0.5, 0.6) is 0 Å². The van der Waals surface area contributed by atoms with Gasteiger partial charge in [-0.05, 0) is 36.3 Å². The van der Waals surface area contributed by atoms with Crippen molar-refractivity contribution in [1.29, 1.82) is 0 Å². The number of aryl methyl sites for hydroxylation is 1. The Balaban J connectivity index is 3.42. The largest absolute Gasteiger partial charge is 0.0798 e. The predicted molar refractivity (Wildman–Crippen MR) is 55.3 cm³/mol. The van der Waals surface area contributed by atoms with Gasteiger partial charge >= 0.3 is 0 Å². The zero-order valence-electron chi connectivity index (χ0n) is 8.09. The fourth-order valence-corrected chi connectivity index (χ4v) is 1.36. The minimum Gasteiger partial charge on any atom is -0.0798 e. The quantitative estimate of drug-likeness (QED) is 0.588. The first kappa shape index (κ1) is 9.05. The molecular formula is C12H16. The third kappa shape index (κ3) is 1.76. The molecule has 0 spiro atoms. The molecule has 1 aromatic rings. The summed E-state index contributed by atoms with van der Waals surface area (Å²) in [5.74, 6) is 0. The molecule has 0 radical (unpaired) electrons. The first-order valence-corrected chi connectivity index (χ1v) is 4.53. The van der Waals surface area contributed by atoms with E-state index in [9.17, 15) is 0 Å². The molecule has 0 fully saturated rings. The summed E-state index contributed by atoms with van der Waals surface area (Å²) in [6.07, 6.45) is 5.42. The van der Waals surface area contributed by atoms with Gasteiger partial charge in [0.15, 0.2) is 0 Å². The molecule has 1 rings (SSSR count). The van der Waals surface area contributed by atoms with Gasteiger partial charge in [-0.25, -0.2) is 0 Å². The van der Waals surface area contributed by atoms with Gasteiger partial charge in [0.2, 0.25) is 0 Å². The first-order chi connectivity index (χ1) is 5.81. The number of hydrogen-bond acceptors (Lipinski definition) is 0. The van der Waals surface area contributed by atoms with Gasteiger partial charge in [-0.3, -0.25) is 0 Å². The monoisotopic (exact) mass is 160 g/mol. The van der Waals surface area contributed by atoms with Crippen LogP contribution < -0.4 is 10.4 Å². The van der Waals surface area contributed by atoms with E-state index in [2.05, 4.69) is 51.1 Å². The van der Waals surface area contributed by atoms with Gasteiger partial charge < -0.3 is 0 Å². The van der Waals surface area contributed by atoms with Crippen LogP contribution in [0.15, 0.2) is 18.2 Å². The Morgan fingerprint density at radius 3 is 2.25 bits per heavy atom. The first-order valence-electron chi connectivity index (χ1n) is 4.53. The van der Waals surface area contributed by atoms with E-state index < -0.39 is 0 Å². The Bertz CT molecular complexity index is 358. The van der Waals surface area contributed by atoms with Crippen LogP contribution in [-0.2, 0) is 6.42 Å². The summed E-state index contributed by atoms with van der Waals surface area (Å²) in [6.45, 7) is 6.35. The maximum atomic E-state index is 2.26. The Kier molecular flexibility index (Phi) is 3.09. The second-order valence-electron chi connectivity index (χ2n) is 2.89. The van der Waals surface area contributed by atoms with Crippen molar-refractivity contribution in [2.24, 2.45) is 0 Å². The standard InChI is InChI=1S/C12H16/c1-4-10-7-8-11(5-2)12(6-3)9-10/h5-9H,4H2,1-3H3/b11-5-,12-6-. The van der Waals surface area contributed by atoms with Crippen LogP contribution in [0.2, 0.25) is 0 Å². The molecule has 64 valence electrons. The second-order valence-corrected chi connectivity index (χ2v) is 2.89. The van der Waals surface area contributed by atoms with Crippen LogP contribution in [0.1, 0.15) is 26.3 Å². The molecule has 0 saturated heterocycles. The molecule has 0 atom stereocenters. The Morgan fingerprint density at radius 1 is 1.08 bits per heavy atom. The van der Waals surface area contributed by atoms with E-state index in [0.29, 0.717) is 0 Å². The molecule has 0 saturated carbocycles. The van der Waals surface area contributed by atoms with Crippen LogP contribution in [0, 0.1) is 0 Å². The normalized spacial score (nSPS) is 13.9. The molecular weight excluding hydrogens is 144 g/mol. The number of hydrogen-bond donors (Lipinski definition) is 0. The highest BCUT2D eigenvalue weighted by atomic mass is 13.9. The van der Waals surface area contributed by atoms with Crippen molar-refractivity contribution in [3.8, 4) is 0 Å². The molecule has 0 amide bonds. The summed E-state index contributed by atoms with van der Waals surface area (Å²) in [4.78, 5) is 0. The zero-order valence-corrected chi connectivity index (χ0v) is 8.09. The van der Waals surface area contributed by atoms with Crippen LogP contribution in [-0.4, -0.2) is 0 Å². The summed E-state index contributed by atoms with van der Waals surface area (Å²) in [5.41, 5.74) is 1.41. The third-order valence-electron chi connectivity index (χ3n) is 2.18. The predicted octanol–water partition coefficient (Wildman–Crippen LogP) is 1.85. The highest BCUT2D eigenvalue weighted by Crippen LogP contribution is 1.91. The van der Waals surface area contributed by atoms with Crippen LogP contribution in [0.25, 0.3) is 12.2 Å². The van der Waals surface area contributed by atoms with Gasteiger partial charge in [0.25, 0.3) is 0 Å². The lowest BCUT2D eigenvalue weighted by Gasteiger charge is -1.95. The Morgan fingerprint density at radius 2 is 1.75 bits per heavy atom. The summed E-state index contributed by atoms with van der Waals surface area (Å²) in [5, 5.41) is 2.67. The van der Waals surface area contributed by atoms with Crippen LogP contribution in [0.3, 0.4) is 0 Å². The summed E-state index contributed by atoms with van der Waals surface area (Å²) in [7, 11) is 0. The van der Waals surface area contributed by atoms with E-state index in [0.717, 1.165) is 6.42 Å². The fourth-order valence-electron chi connectivity index (χ4n) is 1.36. The van der Waals surface area contributed by atoms with Gasteiger partial charge in [-0.15, -0.1) is 0 Å². The minimum absolute atomic E-state index is 1.12. The van der Waals surface area contributed by atoms with Crippen molar-refractivity contribution in [3.05, 3.63) is 34.2 Å². The maximum Gasteiger partial charge on any atom is -0.0227 e. The summed E-state index contributed by atoms with van der Waals surface area (Å²) >= 11 is 0. The van der Waals surface area contributed by atoms with Crippen molar-refractivity contribution in [3.63, 3.8) is 0 Å². The maximum absolute atomic E-state index is 2.26. The van der Waals surface area contributed by atoms with Crippen molar-refractivity contribution in [2.45, 2.75) is 27.2 Å². The minimum atomic E-state index is 1.12. The van der Waals surface area contributed by atoms with E-state index in [-0.39, 0.29) is 0 Å². The van der Waals surface area contributed by atoms with E-state index >= 15 is 0 Å². The van der Waals surface area contributed by atoms with Gasteiger partial charge in [-0.1, -0.05) is 37.3 Å². The number of benzene rings is 1. The molecule has 0 aliphatic rings. The number of rotatable bonds is 1. The molecule has 12 heavy (non-hydrogen) atoms. The van der Waals surface area contributed by atoms with Crippen molar-refractivity contribution < 1.29 is 0 Å². The summed E-state index contributed by atoms with van der Waals surface area (Å²) < 4.78 is 0. The Labute approximate surface area is 74.2 Å². The van der Waals surface area contributed by atoms with Gasteiger partial charge in [0, 0.05) is 0 Å². The van der Waals surface area contributed by atoms with E-state index in [4.69, 9.17) is 0 Å². The average molecular weight is 160 g/mol. The van der Waals surface area contributed by atoms with E-state index in [1.807, 2.05) is 0 Å². The molecule has 0 unspecified atom stereocenters. The molecule has 0 nitrogen and oxygen atoms in total. The topological polar surface area (TPSA) is 0 Å². The van der Waals surface area contributed by atoms with Crippen LogP contribution in [0.4, 0.5) is 0 Å². The molecule has 0 aliphatic heterocycles. The van der Waals surface area contributed by atoms with Gasteiger partial charge in [0.05, 0.1) is 0 Å². The molecule has 0 heterocycles. The lowest BCUT2D eigenvalue weighted by molar-refractivity contribution is 1.13. The SMILES string of the molecule is C/C=c1/ccc(CC)c/c1=C/C. The summed E-state index contributed by atoms with van der Waals surface area (Å²) in [6, 6.07) is 6.64. The van der Waals surface area contributed by atoms with Gasteiger partial charge in [-0.2, -0.15) is 0 Å². The highest BCUT2D eigenvalue weighted by Gasteiger charge is 1.87. The fraction of sp³-hybridized carbons (Fsp3) is 0.333. The third-order valence-corrected chi connectivity index (χ3v) is 2.18. The van der Waals surface area contributed by atoms with Crippen molar-refractivity contribution >= 4 is 12.2 Å². The van der Waals surface area contributed by atoms with E-state index in [1.165, 1.54) is 16.0 Å². The second kappa shape index (κ2) is 4.10. The molecule has 0 N–H and O–H groups in total. The lowest BCUT2D eigenvalue weighted by atomic mass is 10.1. The molecule has 0 aromatic heterocycles. The van der Waals surface area contributed by atoms with Crippen molar-refractivity contribution in [1.82, 2.24) is 0 Å². The smallest absolute Gasteiger partial charge is 0.0227 e. The lowest BCUT2D eigenvalue weighted by Crippen LogP contribution is -2.23. The molecule has 1 aromatic carbocycles. The highest BCUT2D eigenvalue weighted by molar-refractivity contribution is 5.31. The van der Waals surface area contributed by atoms with Crippen molar-refractivity contribution in [2.75, 3.05) is 0 Å². The average Bonchev–Trinajstić information content (AvgIpc) is 2.16. The van der Waals surface area contributed by atoms with Crippen LogP contribution >= 0.6 is 0 Å². The zero-order chi connectivity index (χ0) is 8.97.